The van der Waals surface area contributed by atoms with Gasteiger partial charge in [0.1, 0.15) is 0 Å². The van der Waals surface area contributed by atoms with E-state index in [4.69, 9.17) is 4.74 Å². The van der Waals surface area contributed by atoms with Crippen LogP contribution >= 0.6 is 11.3 Å². The van der Waals surface area contributed by atoms with Crippen molar-refractivity contribution in [3.05, 3.63) is 38.8 Å². The molecule has 0 radical (unpaired) electrons. The minimum Gasteiger partial charge on any atom is -0.376 e. The zero-order chi connectivity index (χ0) is 15.8. The van der Waals surface area contributed by atoms with Crippen LogP contribution in [0.25, 0.3) is 0 Å². The van der Waals surface area contributed by atoms with Crippen LogP contribution in [0.3, 0.4) is 0 Å². The Kier molecular flexibility index (Phi) is 3.90. The number of hydrogen-bond donors (Lipinski definition) is 0. The lowest BCUT2D eigenvalue weighted by Crippen LogP contribution is -2.38. The fourth-order valence-corrected chi connectivity index (χ4v) is 4.23. The molecule has 1 unspecified atom stereocenters. The summed E-state index contributed by atoms with van der Waals surface area (Å²) >= 11 is 1.68. The van der Waals surface area contributed by atoms with E-state index in [-0.39, 0.29) is 5.56 Å². The molecule has 2 aromatic rings. The van der Waals surface area contributed by atoms with E-state index in [1.807, 2.05) is 6.92 Å². The number of aromatic nitrogens is 3. The van der Waals surface area contributed by atoms with E-state index < -0.39 is 0 Å². The van der Waals surface area contributed by atoms with E-state index in [2.05, 4.69) is 20.4 Å². The third-order valence-corrected chi connectivity index (χ3v) is 5.51. The molecule has 0 aromatic carbocycles. The zero-order valence-corrected chi connectivity index (χ0v) is 14.0. The molecule has 2 aliphatic heterocycles. The molecule has 0 N–H and O–H groups in total. The maximum atomic E-state index is 12.3. The van der Waals surface area contributed by atoms with Crippen molar-refractivity contribution in [1.29, 1.82) is 0 Å². The van der Waals surface area contributed by atoms with Crippen molar-refractivity contribution in [3.63, 3.8) is 0 Å². The topological polar surface area (TPSA) is 60.2 Å². The summed E-state index contributed by atoms with van der Waals surface area (Å²) in [5.41, 5.74) is 2.97. The summed E-state index contributed by atoms with van der Waals surface area (Å²) in [6.45, 7) is 4.85. The normalized spacial score (nSPS) is 20.7. The van der Waals surface area contributed by atoms with Crippen LogP contribution in [-0.4, -0.2) is 34.0 Å². The van der Waals surface area contributed by atoms with Gasteiger partial charge in [-0.3, -0.25) is 4.79 Å². The third kappa shape index (κ3) is 2.90. The Labute approximate surface area is 138 Å². The van der Waals surface area contributed by atoms with Crippen molar-refractivity contribution in [2.45, 2.75) is 45.4 Å². The Morgan fingerprint density at radius 3 is 3.22 bits per heavy atom. The number of thiazole rings is 1. The highest BCUT2D eigenvalue weighted by Crippen LogP contribution is 2.29. The van der Waals surface area contributed by atoms with Crippen LogP contribution in [0.1, 0.15) is 29.8 Å². The van der Waals surface area contributed by atoms with Crippen molar-refractivity contribution in [3.8, 4) is 0 Å². The first-order chi connectivity index (χ1) is 11.2. The van der Waals surface area contributed by atoms with Gasteiger partial charge in [-0.2, -0.15) is 5.10 Å². The smallest absolute Gasteiger partial charge is 0.267 e. The average Bonchev–Trinajstić information content (AvgIpc) is 3.16. The predicted octanol–water partition coefficient (Wildman–Crippen LogP) is 1.75. The number of fused-ring (bicyclic) bond motifs is 1. The molecule has 2 aromatic heterocycles. The molecule has 0 saturated carbocycles. The molecule has 1 fully saturated rings. The quantitative estimate of drug-likeness (QED) is 0.857. The Bertz CT molecular complexity index is 770. The molecule has 7 heteroatoms. The number of aryl methyl sites for hydroxylation is 1. The number of hydrogen-bond acceptors (Lipinski definition) is 6. The number of anilines is 1. The van der Waals surface area contributed by atoms with Crippen LogP contribution in [0.4, 0.5) is 5.13 Å². The van der Waals surface area contributed by atoms with E-state index >= 15 is 0 Å². The SMILES string of the molecule is Cc1csc(N2CCCC2Cn2nc3c(cc2=O)COCC3)n1. The minimum absolute atomic E-state index is 0.0311. The largest absolute Gasteiger partial charge is 0.376 e. The lowest BCUT2D eigenvalue weighted by atomic mass is 10.1. The van der Waals surface area contributed by atoms with Gasteiger partial charge in [-0.15, -0.1) is 11.3 Å². The van der Waals surface area contributed by atoms with Crippen molar-refractivity contribution < 1.29 is 4.74 Å². The molecule has 6 nitrogen and oxygen atoms in total. The molecule has 4 rings (SSSR count). The van der Waals surface area contributed by atoms with Crippen LogP contribution in [0.2, 0.25) is 0 Å². The second kappa shape index (κ2) is 6.05. The number of nitrogens with zero attached hydrogens (tertiary/aromatic N) is 4. The summed E-state index contributed by atoms with van der Waals surface area (Å²) in [5.74, 6) is 0. The minimum atomic E-state index is -0.0311. The predicted molar refractivity (Wildman–Crippen MR) is 89.1 cm³/mol. The van der Waals surface area contributed by atoms with Gasteiger partial charge in [0.25, 0.3) is 5.56 Å². The lowest BCUT2D eigenvalue weighted by molar-refractivity contribution is 0.108. The fourth-order valence-electron chi connectivity index (χ4n) is 3.33. The van der Waals surface area contributed by atoms with Gasteiger partial charge in [0.2, 0.25) is 0 Å². The van der Waals surface area contributed by atoms with Crippen LogP contribution < -0.4 is 10.5 Å². The molecule has 0 amide bonds. The monoisotopic (exact) mass is 332 g/mol. The Balaban J connectivity index is 1.58. The second-order valence-electron chi connectivity index (χ2n) is 6.20. The van der Waals surface area contributed by atoms with Gasteiger partial charge in [0.15, 0.2) is 5.13 Å². The molecule has 0 spiro atoms. The maximum Gasteiger partial charge on any atom is 0.267 e. The van der Waals surface area contributed by atoms with Gasteiger partial charge in [-0.25, -0.2) is 9.67 Å². The highest BCUT2D eigenvalue weighted by atomic mass is 32.1. The van der Waals surface area contributed by atoms with Crippen molar-refractivity contribution >= 4 is 16.5 Å². The average molecular weight is 332 g/mol. The van der Waals surface area contributed by atoms with Crippen molar-refractivity contribution in [2.24, 2.45) is 0 Å². The van der Waals surface area contributed by atoms with Gasteiger partial charge in [-0.05, 0) is 19.8 Å². The lowest BCUT2D eigenvalue weighted by Gasteiger charge is -2.25. The van der Waals surface area contributed by atoms with E-state index in [1.165, 1.54) is 0 Å². The van der Waals surface area contributed by atoms with Gasteiger partial charge >= 0.3 is 0 Å². The van der Waals surface area contributed by atoms with E-state index in [0.29, 0.717) is 25.8 Å². The highest BCUT2D eigenvalue weighted by molar-refractivity contribution is 7.13. The molecule has 2 aliphatic rings. The Hall–Kier alpha value is -1.73. The summed E-state index contributed by atoms with van der Waals surface area (Å²) in [6.07, 6.45) is 3.00. The summed E-state index contributed by atoms with van der Waals surface area (Å²) in [6, 6.07) is 1.98. The van der Waals surface area contributed by atoms with Crippen molar-refractivity contribution in [1.82, 2.24) is 14.8 Å². The first-order valence-electron chi connectivity index (χ1n) is 8.07. The maximum absolute atomic E-state index is 12.3. The highest BCUT2D eigenvalue weighted by Gasteiger charge is 2.28. The van der Waals surface area contributed by atoms with Crippen LogP contribution in [0, 0.1) is 6.92 Å². The van der Waals surface area contributed by atoms with E-state index in [0.717, 1.165) is 47.9 Å². The molecule has 0 bridgehead atoms. The molecular formula is C16H20N4O2S. The standard InChI is InChI=1S/C16H20N4O2S/c1-11-10-23-16(17-11)19-5-2-3-13(19)8-20-15(21)7-12-9-22-6-4-14(12)18-20/h7,10,13H,2-6,8-9H2,1H3. The van der Waals surface area contributed by atoms with Gasteiger partial charge in [-0.1, -0.05) is 0 Å². The first-order valence-corrected chi connectivity index (χ1v) is 8.95. The molecule has 122 valence electrons. The van der Waals surface area contributed by atoms with Gasteiger partial charge in [0, 0.05) is 30.0 Å². The first kappa shape index (κ1) is 14.8. The second-order valence-corrected chi connectivity index (χ2v) is 7.04. The molecular weight excluding hydrogens is 312 g/mol. The number of rotatable bonds is 3. The summed E-state index contributed by atoms with van der Waals surface area (Å²) in [4.78, 5) is 19.3. The van der Waals surface area contributed by atoms with E-state index in [9.17, 15) is 4.79 Å². The van der Waals surface area contributed by atoms with Gasteiger partial charge in [0.05, 0.1) is 37.2 Å². The zero-order valence-electron chi connectivity index (χ0n) is 13.2. The Morgan fingerprint density at radius 1 is 1.48 bits per heavy atom. The van der Waals surface area contributed by atoms with Crippen LogP contribution in [0.5, 0.6) is 0 Å². The number of ether oxygens (including phenoxy) is 1. The third-order valence-electron chi connectivity index (χ3n) is 4.52. The van der Waals surface area contributed by atoms with Crippen molar-refractivity contribution in [2.75, 3.05) is 18.1 Å². The van der Waals surface area contributed by atoms with Crippen LogP contribution in [-0.2, 0) is 24.3 Å². The molecule has 23 heavy (non-hydrogen) atoms. The summed E-state index contributed by atoms with van der Waals surface area (Å²) < 4.78 is 7.03. The Morgan fingerprint density at radius 2 is 2.39 bits per heavy atom. The van der Waals surface area contributed by atoms with Crippen LogP contribution in [0.15, 0.2) is 16.2 Å². The molecule has 1 saturated heterocycles. The van der Waals surface area contributed by atoms with E-state index in [1.54, 1.807) is 22.1 Å². The van der Waals surface area contributed by atoms with Gasteiger partial charge < -0.3 is 9.64 Å². The molecule has 4 heterocycles. The molecule has 0 aliphatic carbocycles. The molecule has 1 atom stereocenters. The summed E-state index contributed by atoms with van der Waals surface area (Å²) in [5, 5.41) is 7.73. The fraction of sp³-hybridized carbons (Fsp3) is 0.562. The summed E-state index contributed by atoms with van der Waals surface area (Å²) in [7, 11) is 0.